The molecule has 8 rings (SSSR count). The van der Waals surface area contributed by atoms with Gasteiger partial charge in [-0.25, -0.2) is 4.79 Å². The van der Waals surface area contributed by atoms with Gasteiger partial charge in [-0.3, -0.25) is 57.5 Å². The predicted octanol–water partition coefficient (Wildman–Crippen LogP) is 9.54. The summed E-state index contributed by atoms with van der Waals surface area (Å²) < 4.78 is 4.93. The fourth-order valence-corrected chi connectivity index (χ4v) is 11.3. The minimum absolute atomic E-state index is 0.244. The fourth-order valence-electron chi connectivity index (χ4n) is 11.3. The van der Waals surface area contributed by atoms with Gasteiger partial charge < -0.3 is 74.3 Å². The van der Waals surface area contributed by atoms with Crippen molar-refractivity contribution in [1.82, 2.24) is 63.8 Å². The summed E-state index contributed by atoms with van der Waals surface area (Å²) in [6.07, 6.45) is 8.10. The number of methoxy groups -OCH3 is 1. The Balaban J connectivity index is 1.01. The second kappa shape index (κ2) is 40.1. The molecule has 0 aliphatic heterocycles. The molecule has 0 aliphatic carbocycles. The Bertz CT molecular complexity index is 5420. The maximum absolute atomic E-state index is 14.9. The maximum Gasteiger partial charge on any atom is 0.330 e. The van der Waals surface area contributed by atoms with Gasteiger partial charge in [0.2, 0.25) is 35.4 Å². The lowest BCUT2D eigenvalue weighted by molar-refractivity contribution is -0.149. The van der Waals surface area contributed by atoms with Crippen LogP contribution in [0.25, 0.3) is 58.7 Å². The Labute approximate surface area is 709 Å². The van der Waals surface area contributed by atoms with Crippen molar-refractivity contribution in [2.24, 2.45) is 5.73 Å². The predicted molar refractivity (Wildman–Crippen MR) is 470 cm³/mol. The van der Waals surface area contributed by atoms with Crippen LogP contribution in [0.4, 0.5) is 0 Å². The third-order valence-electron chi connectivity index (χ3n) is 18.7. The molecule has 27 heteroatoms. The minimum Gasteiger partial charge on any atom is -0.467 e. The van der Waals surface area contributed by atoms with Gasteiger partial charge in [-0.2, -0.15) is 0 Å². The van der Waals surface area contributed by atoms with Crippen molar-refractivity contribution in [2.75, 3.05) is 7.11 Å². The van der Waals surface area contributed by atoms with Gasteiger partial charge in [-0.1, -0.05) is 231 Å². The molecular formula is C95H103N13O14. The Kier molecular flexibility index (Phi) is 30.5. The Morgan fingerprint density at radius 3 is 0.582 bits per heavy atom. The molecule has 632 valence electrons. The third kappa shape index (κ3) is 26.6. The molecule has 12 amide bonds. The molecule has 8 aromatic rings. The number of nitrogens with one attached hydrogen (secondary N) is 12. The summed E-state index contributed by atoms with van der Waals surface area (Å²) in [5.41, 5.74) is -2.63. The minimum atomic E-state index is -1.97. The van der Waals surface area contributed by atoms with Crippen LogP contribution in [0.1, 0.15) is 130 Å². The number of rotatable bonds is 33. The third-order valence-corrected chi connectivity index (χ3v) is 18.7. The summed E-state index contributed by atoms with van der Waals surface area (Å²) in [7, 11) is 1.16. The number of amides is 12. The van der Waals surface area contributed by atoms with E-state index in [0.29, 0.717) is 33.4 Å². The summed E-state index contributed by atoms with van der Waals surface area (Å²) in [4.78, 5) is 187. The molecule has 0 spiro atoms. The lowest BCUT2D eigenvalue weighted by Crippen LogP contribution is -2.60. The number of hydrogen-bond donors (Lipinski definition) is 13. The van der Waals surface area contributed by atoms with Crippen LogP contribution in [0.5, 0.6) is 0 Å². The number of hydrogen-bond acceptors (Lipinski definition) is 15. The molecule has 27 nitrogen and oxygen atoms in total. The topological polar surface area (TPSA) is 402 Å². The molecule has 0 bridgehead atoms. The number of carbonyl (C=O) groups excluding carboxylic acids is 13. The monoisotopic (exact) mass is 1650 g/mol. The van der Waals surface area contributed by atoms with Gasteiger partial charge in [0.1, 0.15) is 67.4 Å². The zero-order valence-corrected chi connectivity index (χ0v) is 70.7. The standard InChI is InChI=1S/C95H103N13O14/c1-89(2,96)82(115)97-70(54-60-34-22-16-23-35-60)76(109)103-90(3,4)83(116)98-71(55-61-36-24-17-25-37-61)77(110)104-91(5,6)84(117)99-72(56-62-38-26-18-27-39-62)78(111)105-92(7,8)85(118)100-73(57-63-40-28-19-29-41-63)79(112)106-93(9,10)86(119)101-74(58-64-46-50-68(51-47-64)66-42-30-20-31-43-66)80(113)107-94(11,12)87(120)102-75(81(114)108-95(13,14)88(121)122-15)59-65-48-52-69(53-49-65)67-44-32-21-33-45-67/h16-59H,96H2,1-15H3,(H,97,115)(H,98,116)(H,99,117)(H,100,118)(H,101,119)(H,102,120)(H,103,109)(H,104,110)(H,105,111)(H,106,112)(H,107,113)(H,108,114)/b70-54+,71-55-,72-56-,73-57-,74-58-,75-59-. The van der Waals surface area contributed by atoms with E-state index < -0.39 is 133 Å². The molecule has 0 fully saturated rings. The van der Waals surface area contributed by atoms with Crippen molar-refractivity contribution >= 4 is 113 Å². The van der Waals surface area contributed by atoms with Crippen molar-refractivity contribution in [1.29, 1.82) is 0 Å². The molecule has 14 N–H and O–H groups in total. The van der Waals surface area contributed by atoms with Gasteiger partial charge in [0.15, 0.2) is 0 Å². The molecule has 0 unspecified atom stereocenters. The zero-order chi connectivity index (χ0) is 89.5. The Hall–Kier alpha value is -14.7. The highest BCUT2D eigenvalue weighted by Crippen LogP contribution is 2.25. The molecule has 0 radical (unpaired) electrons. The molecule has 0 aromatic heterocycles. The molecule has 0 saturated heterocycles. The number of carbonyl (C=O) groups is 13. The van der Waals surface area contributed by atoms with Crippen LogP contribution >= 0.6 is 0 Å². The molecule has 0 saturated carbocycles. The van der Waals surface area contributed by atoms with Gasteiger partial charge in [0, 0.05) is 0 Å². The molecule has 0 heterocycles. The highest BCUT2D eigenvalue weighted by Gasteiger charge is 2.41. The van der Waals surface area contributed by atoms with Crippen molar-refractivity contribution in [3.8, 4) is 22.3 Å². The quantitative estimate of drug-likeness (QED) is 0.0134. The van der Waals surface area contributed by atoms with E-state index in [2.05, 4.69) is 63.8 Å². The van der Waals surface area contributed by atoms with E-state index in [4.69, 9.17) is 10.5 Å². The molecule has 122 heavy (non-hydrogen) atoms. The number of ether oxygens (including phenoxy) is 1. The summed E-state index contributed by atoms with van der Waals surface area (Å²) >= 11 is 0. The van der Waals surface area contributed by atoms with Crippen LogP contribution in [0.2, 0.25) is 0 Å². The summed E-state index contributed by atoms with van der Waals surface area (Å²) in [5, 5.41) is 31.5. The SMILES string of the molecule is COC(=O)C(C)(C)NC(=O)/C(=C/c1ccc(-c2ccccc2)cc1)NC(=O)C(C)(C)NC(=O)/C(=C/c1ccc(-c2ccccc2)cc1)NC(=O)C(C)(C)NC(=O)/C(=C/c1ccccc1)NC(=O)C(C)(C)NC(=O)/C(=C/c1ccccc1)NC(=O)C(C)(C)NC(=O)/C(=C/c1ccccc1)NC(=O)C(C)(C)NC(=O)/C(=C\c1ccccc1)NC(=O)C(C)(C)N. The highest BCUT2D eigenvalue weighted by molar-refractivity contribution is 6.12. The molecule has 0 aliphatic rings. The second-order valence-corrected chi connectivity index (χ2v) is 32.4. The number of esters is 1. The van der Waals surface area contributed by atoms with E-state index in [9.17, 15) is 62.3 Å². The first-order chi connectivity index (χ1) is 57.3. The van der Waals surface area contributed by atoms with E-state index in [0.717, 1.165) is 29.4 Å². The molecule has 8 aromatic carbocycles. The van der Waals surface area contributed by atoms with Crippen molar-refractivity contribution in [3.63, 3.8) is 0 Å². The van der Waals surface area contributed by atoms with Gasteiger partial charge in [-0.15, -0.1) is 0 Å². The van der Waals surface area contributed by atoms with Gasteiger partial charge in [0.25, 0.3) is 35.4 Å². The maximum atomic E-state index is 14.9. The first kappa shape index (κ1) is 92.8. The van der Waals surface area contributed by atoms with Crippen LogP contribution in [0.15, 0.2) is 265 Å². The normalized spacial score (nSPS) is 12.7. The van der Waals surface area contributed by atoms with Crippen molar-refractivity contribution in [2.45, 2.75) is 136 Å². The fraction of sp³-hybridized carbons (Fsp3) is 0.232. The Morgan fingerprint density at radius 1 is 0.230 bits per heavy atom. The largest absolute Gasteiger partial charge is 0.467 e. The van der Waals surface area contributed by atoms with E-state index in [-0.39, 0.29) is 17.1 Å². The van der Waals surface area contributed by atoms with E-state index in [1.807, 2.05) is 72.8 Å². The first-order valence-corrected chi connectivity index (χ1v) is 38.9. The average molecular weight is 1650 g/mol. The number of nitrogens with two attached hydrogens (primary N) is 1. The molecular weight excluding hydrogens is 1550 g/mol. The number of benzene rings is 8. The van der Waals surface area contributed by atoms with Crippen molar-refractivity contribution in [3.05, 3.63) is 298 Å². The lowest BCUT2D eigenvalue weighted by Gasteiger charge is -2.30. The highest BCUT2D eigenvalue weighted by atomic mass is 16.5. The van der Waals surface area contributed by atoms with Gasteiger partial charge in [0.05, 0.1) is 12.6 Å². The van der Waals surface area contributed by atoms with Crippen LogP contribution in [0, 0.1) is 0 Å². The van der Waals surface area contributed by atoms with E-state index >= 15 is 0 Å². The van der Waals surface area contributed by atoms with Crippen LogP contribution in [-0.4, -0.2) is 123 Å². The zero-order valence-electron chi connectivity index (χ0n) is 70.7. The van der Waals surface area contributed by atoms with Crippen LogP contribution in [0.3, 0.4) is 0 Å². The molecule has 0 atom stereocenters. The Morgan fingerprint density at radius 2 is 0.393 bits per heavy atom. The first-order valence-electron chi connectivity index (χ1n) is 38.9. The van der Waals surface area contributed by atoms with Crippen LogP contribution < -0.4 is 69.5 Å². The van der Waals surface area contributed by atoms with E-state index in [1.165, 1.54) is 133 Å². The van der Waals surface area contributed by atoms with Gasteiger partial charge >= 0.3 is 5.97 Å². The van der Waals surface area contributed by atoms with Gasteiger partial charge in [-0.05, 0) is 189 Å². The summed E-state index contributed by atoms with van der Waals surface area (Å²) in [5.74, 6) is -12.1. The second-order valence-electron chi connectivity index (χ2n) is 32.4. The van der Waals surface area contributed by atoms with Crippen molar-refractivity contribution < 1.29 is 67.1 Å². The summed E-state index contributed by atoms with van der Waals surface area (Å²) in [6, 6.07) is 66.6. The smallest absolute Gasteiger partial charge is 0.330 e. The average Bonchev–Trinajstić information content (AvgIpc) is 0.819. The lowest BCUT2D eigenvalue weighted by atomic mass is 10.0. The van der Waals surface area contributed by atoms with E-state index in [1.54, 1.807) is 158 Å². The summed E-state index contributed by atoms with van der Waals surface area (Å²) in [6.45, 7) is 19.1. The van der Waals surface area contributed by atoms with Crippen LogP contribution in [-0.2, 0) is 67.1 Å².